The van der Waals surface area contributed by atoms with Gasteiger partial charge < -0.3 is 10.3 Å². The normalized spacial score (nSPS) is 18.6. The Morgan fingerprint density at radius 2 is 1.79 bits per heavy atom. The van der Waals surface area contributed by atoms with Gasteiger partial charge in [0.2, 0.25) is 0 Å². The maximum atomic E-state index is 11.1. The molecule has 0 radical (unpaired) electrons. The van der Waals surface area contributed by atoms with Crippen molar-refractivity contribution in [1.82, 2.24) is 19.9 Å². The zero-order chi connectivity index (χ0) is 22.8. The number of rotatable bonds is 7. The Morgan fingerprint density at radius 3 is 2.58 bits per heavy atom. The Bertz CT molecular complexity index is 1370. The van der Waals surface area contributed by atoms with Gasteiger partial charge in [0.15, 0.2) is 11.5 Å². The first-order chi connectivity index (χ1) is 16.0. The van der Waals surface area contributed by atoms with Gasteiger partial charge in [-0.25, -0.2) is 20.1 Å². The van der Waals surface area contributed by atoms with Crippen LogP contribution in [0.5, 0.6) is 0 Å². The number of nitrogens with zero attached hydrogens (tertiary/aromatic N) is 3. The van der Waals surface area contributed by atoms with Crippen molar-refractivity contribution < 1.29 is 12.6 Å². The lowest BCUT2D eigenvalue weighted by Crippen LogP contribution is -2.21. The quantitative estimate of drug-likeness (QED) is 0.381. The van der Waals surface area contributed by atoms with Crippen LogP contribution >= 0.6 is 0 Å². The van der Waals surface area contributed by atoms with E-state index < -0.39 is 10.3 Å². The Balaban J connectivity index is 1.40. The van der Waals surface area contributed by atoms with Crippen molar-refractivity contribution in [3.05, 3.63) is 60.9 Å². The molecule has 1 saturated carbocycles. The maximum absolute atomic E-state index is 11.1. The van der Waals surface area contributed by atoms with Crippen LogP contribution in [0.1, 0.15) is 19.3 Å². The fourth-order valence-electron chi connectivity index (χ4n) is 4.37. The van der Waals surface area contributed by atoms with Gasteiger partial charge in [-0.05, 0) is 36.3 Å². The number of nitrogens with one attached hydrogen (secondary N) is 2. The number of aromatic nitrogens is 4. The van der Waals surface area contributed by atoms with Gasteiger partial charge in [0.1, 0.15) is 17.7 Å². The smallest absolute Gasteiger partial charge is 0.333 e. The highest BCUT2D eigenvalue weighted by Gasteiger charge is 2.27. The van der Waals surface area contributed by atoms with Crippen molar-refractivity contribution in [3.63, 3.8) is 0 Å². The molecule has 2 atom stereocenters. The van der Waals surface area contributed by atoms with Crippen LogP contribution in [0.4, 0.5) is 5.82 Å². The zero-order valence-corrected chi connectivity index (χ0v) is 18.6. The molecule has 4 N–H and O–H groups in total. The SMILES string of the molecule is NS(=O)(=O)OC[C@H]1CC[C@H](Nc2ncnc3nc(-c4ccccc4-c4ccccc4)[nH]c23)C1. The largest absolute Gasteiger partial charge is 0.365 e. The van der Waals surface area contributed by atoms with E-state index in [1.165, 1.54) is 6.33 Å². The van der Waals surface area contributed by atoms with Crippen molar-refractivity contribution in [2.24, 2.45) is 11.1 Å². The van der Waals surface area contributed by atoms with E-state index in [-0.39, 0.29) is 18.6 Å². The summed E-state index contributed by atoms with van der Waals surface area (Å²) in [6.07, 6.45) is 3.98. The molecule has 0 unspecified atom stereocenters. The van der Waals surface area contributed by atoms with Gasteiger partial charge in [-0.1, -0.05) is 54.6 Å². The van der Waals surface area contributed by atoms with Crippen LogP contribution in [0.3, 0.4) is 0 Å². The second kappa shape index (κ2) is 8.89. The molecule has 0 bridgehead atoms. The molecule has 5 rings (SSSR count). The summed E-state index contributed by atoms with van der Waals surface area (Å²) in [5.41, 5.74) is 4.48. The summed E-state index contributed by atoms with van der Waals surface area (Å²) in [6, 6.07) is 18.4. The van der Waals surface area contributed by atoms with Gasteiger partial charge >= 0.3 is 10.3 Å². The molecule has 1 aliphatic rings. The molecule has 0 saturated heterocycles. The minimum absolute atomic E-state index is 0.0979. The van der Waals surface area contributed by atoms with E-state index in [9.17, 15) is 8.42 Å². The zero-order valence-electron chi connectivity index (χ0n) is 17.8. The van der Waals surface area contributed by atoms with E-state index >= 15 is 0 Å². The third kappa shape index (κ3) is 4.87. The minimum atomic E-state index is -3.92. The van der Waals surface area contributed by atoms with Crippen LogP contribution in [-0.4, -0.2) is 41.0 Å². The number of anilines is 1. The van der Waals surface area contributed by atoms with Crippen LogP contribution in [-0.2, 0) is 14.5 Å². The van der Waals surface area contributed by atoms with Crippen LogP contribution in [0.2, 0.25) is 0 Å². The molecule has 2 heterocycles. The topological polar surface area (TPSA) is 136 Å². The van der Waals surface area contributed by atoms with Gasteiger partial charge in [0, 0.05) is 11.6 Å². The Hall–Kier alpha value is -3.34. The minimum Gasteiger partial charge on any atom is -0.365 e. The molecular weight excluding hydrogens is 440 g/mol. The van der Waals surface area contributed by atoms with Crippen LogP contribution in [0, 0.1) is 5.92 Å². The lowest BCUT2D eigenvalue weighted by molar-refractivity contribution is 0.256. The molecule has 2 aromatic carbocycles. The standard InChI is InChI=1S/C23H24N6O3S/c24-33(30,31)32-13-15-10-11-17(12-15)27-22-20-23(26-14-25-22)29-21(28-20)19-9-5-4-8-18(19)16-6-2-1-3-7-16/h1-9,14-15,17H,10-13H2,(H2,24,30,31)(H2,25,26,27,28,29)/t15-,17-/m0/s1. The van der Waals surface area contributed by atoms with Crippen molar-refractivity contribution in [2.45, 2.75) is 25.3 Å². The second-order valence-electron chi connectivity index (χ2n) is 8.22. The first-order valence-electron chi connectivity index (χ1n) is 10.8. The van der Waals surface area contributed by atoms with E-state index in [4.69, 9.17) is 14.3 Å². The van der Waals surface area contributed by atoms with Crippen molar-refractivity contribution in [3.8, 4) is 22.5 Å². The fraction of sp³-hybridized carbons (Fsp3) is 0.261. The number of fused-ring (bicyclic) bond motifs is 1. The molecule has 1 aliphatic carbocycles. The van der Waals surface area contributed by atoms with Crippen molar-refractivity contribution in [1.29, 1.82) is 0 Å². The second-order valence-corrected chi connectivity index (χ2v) is 9.44. The van der Waals surface area contributed by atoms with Gasteiger partial charge in [-0.2, -0.15) is 8.42 Å². The molecule has 33 heavy (non-hydrogen) atoms. The predicted molar refractivity (Wildman–Crippen MR) is 126 cm³/mol. The summed E-state index contributed by atoms with van der Waals surface area (Å²) >= 11 is 0. The number of hydrogen-bond donors (Lipinski definition) is 3. The molecule has 170 valence electrons. The maximum Gasteiger partial charge on any atom is 0.333 e. The molecule has 9 nitrogen and oxygen atoms in total. The van der Waals surface area contributed by atoms with Crippen LogP contribution < -0.4 is 10.5 Å². The number of imidazole rings is 1. The summed E-state index contributed by atoms with van der Waals surface area (Å²) in [4.78, 5) is 16.9. The molecular formula is C23H24N6O3S. The lowest BCUT2D eigenvalue weighted by Gasteiger charge is -2.14. The molecule has 10 heteroatoms. The fourth-order valence-corrected chi connectivity index (χ4v) is 4.75. The van der Waals surface area contributed by atoms with E-state index in [2.05, 4.69) is 38.5 Å². The predicted octanol–water partition coefficient (Wildman–Crippen LogP) is 3.49. The summed E-state index contributed by atoms with van der Waals surface area (Å²) in [7, 11) is -3.92. The number of hydrogen-bond acceptors (Lipinski definition) is 7. The molecule has 4 aromatic rings. The van der Waals surface area contributed by atoms with Gasteiger partial charge in [0.25, 0.3) is 0 Å². The number of aromatic amines is 1. The van der Waals surface area contributed by atoms with E-state index in [1.807, 2.05) is 36.4 Å². The van der Waals surface area contributed by atoms with E-state index in [0.717, 1.165) is 47.3 Å². The molecule has 0 aliphatic heterocycles. The molecule has 1 fully saturated rings. The highest BCUT2D eigenvalue weighted by Crippen LogP contribution is 2.33. The highest BCUT2D eigenvalue weighted by atomic mass is 32.2. The van der Waals surface area contributed by atoms with Crippen LogP contribution in [0.25, 0.3) is 33.7 Å². The lowest BCUT2D eigenvalue weighted by atomic mass is 9.99. The first-order valence-corrected chi connectivity index (χ1v) is 12.2. The summed E-state index contributed by atoms with van der Waals surface area (Å²) in [5, 5.41) is 8.40. The van der Waals surface area contributed by atoms with Gasteiger partial charge in [-0.3, -0.25) is 4.18 Å². The summed E-state index contributed by atoms with van der Waals surface area (Å²) in [5.74, 6) is 1.51. The molecule has 0 spiro atoms. The number of nitrogens with two attached hydrogens (primary N) is 1. The van der Waals surface area contributed by atoms with Gasteiger partial charge in [-0.15, -0.1) is 0 Å². The summed E-state index contributed by atoms with van der Waals surface area (Å²) < 4.78 is 26.9. The van der Waals surface area contributed by atoms with Crippen LogP contribution in [0.15, 0.2) is 60.9 Å². The highest BCUT2D eigenvalue weighted by molar-refractivity contribution is 7.84. The van der Waals surface area contributed by atoms with E-state index in [1.54, 1.807) is 0 Å². The number of benzene rings is 2. The average Bonchev–Trinajstić information content (AvgIpc) is 3.45. The third-order valence-corrected chi connectivity index (χ3v) is 6.37. The van der Waals surface area contributed by atoms with Crippen molar-refractivity contribution >= 4 is 27.3 Å². The Labute approximate surface area is 191 Å². The third-order valence-electron chi connectivity index (χ3n) is 5.91. The number of H-pyrrole nitrogens is 1. The summed E-state index contributed by atoms with van der Waals surface area (Å²) in [6.45, 7) is 0.0979. The monoisotopic (exact) mass is 464 g/mol. The molecule has 0 amide bonds. The van der Waals surface area contributed by atoms with Gasteiger partial charge in [0.05, 0.1) is 6.61 Å². The molecule has 2 aromatic heterocycles. The van der Waals surface area contributed by atoms with Crippen molar-refractivity contribution in [2.75, 3.05) is 11.9 Å². The Kier molecular flexibility index (Phi) is 5.79. The first kappa shape index (κ1) is 21.5. The average molecular weight is 465 g/mol. The van der Waals surface area contributed by atoms with E-state index in [0.29, 0.717) is 11.5 Å². The Morgan fingerprint density at radius 1 is 1.03 bits per heavy atom.